The molecule has 26 heavy (non-hydrogen) atoms. The van der Waals surface area contributed by atoms with Gasteiger partial charge in [-0.05, 0) is 24.6 Å². The Kier molecular flexibility index (Phi) is 4.65. The molecule has 3 saturated heterocycles. The molecule has 1 aromatic carbocycles. The first kappa shape index (κ1) is 17.4. The Morgan fingerprint density at radius 1 is 1.08 bits per heavy atom. The van der Waals surface area contributed by atoms with E-state index < -0.39 is 10.2 Å². The van der Waals surface area contributed by atoms with E-state index >= 15 is 0 Å². The van der Waals surface area contributed by atoms with Crippen LogP contribution in [0.5, 0.6) is 0 Å². The highest BCUT2D eigenvalue weighted by Crippen LogP contribution is 2.31. The molecule has 0 aromatic heterocycles. The van der Waals surface area contributed by atoms with Crippen molar-refractivity contribution in [3.05, 3.63) is 24.3 Å². The van der Waals surface area contributed by atoms with E-state index in [0.29, 0.717) is 51.5 Å². The van der Waals surface area contributed by atoms with Gasteiger partial charge in [0.2, 0.25) is 0 Å². The Morgan fingerprint density at radius 3 is 2.58 bits per heavy atom. The maximum absolute atomic E-state index is 13.1. The smallest absolute Gasteiger partial charge is 0.304 e. The van der Waals surface area contributed by atoms with Gasteiger partial charge in [0.1, 0.15) is 0 Å². The van der Waals surface area contributed by atoms with Crippen molar-refractivity contribution in [3.8, 4) is 6.19 Å². The zero-order chi connectivity index (χ0) is 18.1. The maximum atomic E-state index is 13.1. The lowest BCUT2D eigenvalue weighted by molar-refractivity contribution is 0.122. The zero-order valence-electron chi connectivity index (χ0n) is 14.6. The highest BCUT2D eigenvalue weighted by atomic mass is 32.2. The molecule has 0 bridgehead atoms. The van der Waals surface area contributed by atoms with Gasteiger partial charge in [-0.2, -0.15) is 18.0 Å². The van der Waals surface area contributed by atoms with Crippen molar-refractivity contribution >= 4 is 21.6 Å². The first-order chi connectivity index (χ1) is 12.6. The number of benzene rings is 1. The summed E-state index contributed by atoms with van der Waals surface area (Å²) in [5, 5.41) is 9.03. The summed E-state index contributed by atoms with van der Waals surface area (Å²) in [5.41, 5.74) is 1.72. The van der Waals surface area contributed by atoms with Crippen LogP contribution in [0.2, 0.25) is 0 Å². The molecule has 0 aliphatic carbocycles. The molecule has 0 N–H and O–H groups in total. The van der Waals surface area contributed by atoms with Crippen LogP contribution in [-0.2, 0) is 14.9 Å². The molecule has 3 aliphatic heterocycles. The first-order valence-corrected chi connectivity index (χ1v) is 10.4. The number of hydrogen-bond acceptors (Lipinski definition) is 6. The topological polar surface area (TPSA) is 80.1 Å². The van der Waals surface area contributed by atoms with Crippen molar-refractivity contribution in [1.29, 1.82) is 5.26 Å². The van der Waals surface area contributed by atoms with Gasteiger partial charge in [0.25, 0.3) is 0 Å². The molecule has 3 fully saturated rings. The number of ether oxygens (including phenoxy) is 1. The van der Waals surface area contributed by atoms with Gasteiger partial charge in [0.15, 0.2) is 6.19 Å². The van der Waals surface area contributed by atoms with Gasteiger partial charge in [-0.1, -0.05) is 6.07 Å². The Bertz CT molecular complexity index is 803. The highest BCUT2D eigenvalue weighted by molar-refractivity contribution is 7.90. The fourth-order valence-electron chi connectivity index (χ4n) is 3.91. The number of anilines is 2. The van der Waals surface area contributed by atoms with Crippen molar-refractivity contribution < 1.29 is 13.2 Å². The van der Waals surface area contributed by atoms with Gasteiger partial charge in [-0.15, -0.1) is 0 Å². The van der Waals surface area contributed by atoms with Crippen LogP contribution in [0.3, 0.4) is 0 Å². The van der Waals surface area contributed by atoms with Crippen molar-refractivity contribution in [2.24, 2.45) is 0 Å². The van der Waals surface area contributed by atoms with Crippen LogP contribution in [0.4, 0.5) is 11.4 Å². The van der Waals surface area contributed by atoms with E-state index in [0.717, 1.165) is 18.8 Å². The summed E-state index contributed by atoms with van der Waals surface area (Å²) in [6, 6.07) is 7.60. The van der Waals surface area contributed by atoms with Crippen molar-refractivity contribution in [2.45, 2.75) is 12.5 Å². The quantitative estimate of drug-likeness (QED) is 0.712. The summed E-state index contributed by atoms with van der Waals surface area (Å²) in [4.78, 5) is 3.84. The molecule has 3 aliphatic rings. The van der Waals surface area contributed by atoms with Gasteiger partial charge < -0.3 is 14.5 Å². The molecular weight excluding hydrogens is 354 g/mol. The van der Waals surface area contributed by atoms with E-state index in [1.165, 1.54) is 4.31 Å². The van der Waals surface area contributed by atoms with E-state index in [2.05, 4.69) is 11.1 Å². The number of rotatable bonds is 3. The van der Waals surface area contributed by atoms with E-state index in [4.69, 9.17) is 10.00 Å². The fraction of sp³-hybridized carbons (Fsp3) is 0.588. The highest BCUT2D eigenvalue weighted by Gasteiger charge is 2.43. The molecule has 0 saturated carbocycles. The average molecular weight is 377 g/mol. The second kappa shape index (κ2) is 6.95. The predicted octanol–water partition coefficient (Wildman–Crippen LogP) is 0.445. The van der Waals surface area contributed by atoms with Crippen LogP contribution in [0, 0.1) is 11.5 Å². The molecule has 4 rings (SSSR count). The van der Waals surface area contributed by atoms with Crippen LogP contribution >= 0.6 is 0 Å². The summed E-state index contributed by atoms with van der Waals surface area (Å²) in [7, 11) is -3.56. The van der Waals surface area contributed by atoms with Crippen LogP contribution in [0.1, 0.15) is 6.42 Å². The minimum atomic E-state index is -3.56. The SMILES string of the molecule is N#CN1CC[C@@H](N2CCN(c3cccc(N4CCOCC4)c3)S2(=O)=O)C1. The third-order valence-corrected chi connectivity index (χ3v) is 7.33. The van der Waals surface area contributed by atoms with Gasteiger partial charge in [-0.25, -0.2) is 0 Å². The van der Waals surface area contributed by atoms with Crippen molar-refractivity contribution in [2.75, 3.05) is 61.7 Å². The summed E-state index contributed by atoms with van der Waals surface area (Å²) in [6.45, 7) is 5.03. The zero-order valence-corrected chi connectivity index (χ0v) is 15.4. The second-order valence-corrected chi connectivity index (χ2v) is 8.60. The molecule has 0 spiro atoms. The number of nitrogens with zero attached hydrogens (tertiary/aromatic N) is 5. The molecule has 1 atom stereocenters. The Labute approximate surface area is 154 Å². The predicted molar refractivity (Wildman–Crippen MR) is 98.0 cm³/mol. The monoisotopic (exact) mass is 377 g/mol. The molecule has 0 radical (unpaired) electrons. The number of nitriles is 1. The van der Waals surface area contributed by atoms with Gasteiger partial charge >= 0.3 is 10.2 Å². The van der Waals surface area contributed by atoms with Crippen molar-refractivity contribution in [3.63, 3.8) is 0 Å². The average Bonchev–Trinajstić information content (AvgIpc) is 3.26. The Hall–Kier alpha value is -2.02. The van der Waals surface area contributed by atoms with E-state index in [-0.39, 0.29) is 6.04 Å². The van der Waals surface area contributed by atoms with E-state index in [1.807, 2.05) is 24.3 Å². The summed E-state index contributed by atoms with van der Waals surface area (Å²) < 4.78 is 34.6. The number of hydrogen-bond donors (Lipinski definition) is 0. The Morgan fingerprint density at radius 2 is 1.85 bits per heavy atom. The lowest BCUT2D eigenvalue weighted by atomic mass is 10.2. The van der Waals surface area contributed by atoms with Gasteiger partial charge in [-0.3, -0.25) is 4.31 Å². The van der Waals surface area contributed by atoms with Crippen LogP contribution < -0.4 is 9.21 Å². The minimum absolute atomic E-state index is 0.118. The molecule has 0 amide bonds. The largest absolute Gasteiger partial charge is 0.378 e. The fourth-order valence-corrected chi connectivity index (χ4v) is 5.72. The molecular formula is C17H23N5O3S. The molecule has 1 aromatic rings. The summed E-state index contributed by atoms with van der Waals surface area (Å²) >= 11 is 0. The molecule has 140 valence electrons. The van der Waals surface area contributed by atoms with Crippen LogP contribution in [-0.4, -0.2) is 76.1 Å². The minimum Gasteiger partial charge on any atom is -0.378 e. The van der Waals surface area contributed by atoms with Gasteiger partial charge in [0.05, 0.1) is 18.9 Å². The second-order valence-electron chi connectivity index (χ2n) is 6.80. The molecule has 0 unspecified atom stereocenters. The summed E-state index contributed by atoms with van der Waals surface area (Å²) in [6.07, 6.45) is 2.82. The van der Waals surface area contributed by atoms with Crippen LogP contribution in [0.25, 0.3) is 0 Å². The number of likely N-dealkylation sites (tertiary alicyclic amines) is 1. The van der Waals surface area contributed by atoms with Crippen LogP contribution in [0.15, 0.2) is 24.3 Å². The van der Waals surface area contributed by atoms with E-state index in [1.54, 1.807) is 9.21 Å². The van der Waals surface area contributed by atoms with Crippen molar-refractivity contribution in [1.82, 2.24) is 9.21 Å². The molecule has 9 heteroatoms. The number of morpholine rings is 1. The third kappa shape index (κ3) is 3.09. The Balaban J connectivity index is 1.54. The lowest BCUT2D eigenvalue weighted by Crippen LogP contribution is -2.41. The molecule has 3 heterocycles. The van der Waals surface area contributed by atoms with E-state index in [9.17, 15) is 8.42 Å². The normalized spacial score (nSPS) is 26.3. The molecule has 8 nitrogen and oxygen atoms in total. The third-order valence-electron chi connectivity index (χ3n) is 5.30. The standard InChI is InChI=1S/C17H23N5O3S/c18-14-19-5-4-17(13-19)22-7-6-21(26(22,23)24)16-3-1-2-15(12-16)20-8-10-25-11-9-20/h1-3,12,17H,4-11,13H2/t17-/m1/s1. The summed E-state index contributed by atoms with van der Waals surface area (Å²) in [5.74, 6) is 0. The first-order valence-electron chi connectivity index (χ1n) is 8.96. The van der Waals surface area contributed by atoms with Gasteiger partial charge in [0, 0.05) is 51.0 Å². The lowest BCUT2D eigenvalue weighted by Gasteiger charge is -2.30. The maximum Gasteiger partial charge on any atom is 0.304 e.